The first kappa shape index (κ1) is 21.7. The standard InChI is InChI=1S/C29H26N2O3/c1-19-9-11-21(12-10-19)28(32)25-18-17-24(30(25)2)26-27(20-13-15-23(34-3)16-14-20)31(29(26)33)22-7-5-4-6-8-22/h4-18,26-27H,1-3H3/t26-,27-/m1/s1. The lowest BCUT2D eigenvalue weighted by Gasteiger charge is -2.47. The molecule has 0 unspecified atom stereocenters. The van der Waals surface area contributed by atoms with Crippen molar-refractivity contribution < 1.29 is 14.3 Å². The van der Waals surface area contributed by atoms with Gasteiger partial charge in [0.25, 0.3) is 0 Å². The van der Waals surface area contributed by atoms with Crippen molar-refractivity contribution in [3.63, 3.8) is 0 Å². The van der Waals surface area contributed by atoms with Crippen molar-refractivity contribution >= 4 is 17.4 Å². The molecule has 170 valence electrons. The van der Waals surface area contributed by atoms with E-state index in [0.717, 1.165) is 28.3 Å². The number of methoxy groups -OCH3 is 1. The fourth-order valence-electron chi connectivity index (χ4n) is 4.72. The zero-order valence-corrected chi connectivity index (χ0v) is 19.4. The van der Waals surface area contributed by atoms with Crippen molar-refractivity contribution in [3.8, 4) is 5.75 Å². The lowest BCUT2D eigenvalue weighted by molar-refractivity contribution is -0.126. The van der Waals surface area contributed by atoms with Gasteiger partial charge in [0.05, 0.1) is 18.8 Å². The van der Waals surface area contributed by atoms with Crippen LogP contribution in [0.15, 0.2) is 91.0 Å². The highest BCUT2D eigenvalue weighted by atomic mass is 16.5. The Kier molecular flexibility index (Phi) is 5.54. The van der Waals surface area contributed by atoms with Crippen molar-refractivity contribution in [1.29, 1.82) is 0 Å². The Hall–Kier alpha value is -4.12. The van der Waals surface area contributed by atoms with Crippen molar-refractivity contribution in [2.45, 2.75) is 18.9 Å². The number of ether oxygens (including phenoxy) is 1. The van der Waals surface area contributed by atoms with Crippen LogP contribution in [0.4, 0.5) is 5.69 Å². The second-order valence-corrected chi connectivity index (χ2v) is 8.64. The zero-order chi connectivity index (χ0) is 23.8. The minimum absolute atomic E-state index is 0.0163. The number of hydrogen-bond donors (Lipinski definition) is 0. The Morgan fingerprint density at radius 3 is 2.18 bits per heavy atom. The summed E-state index contributed by atoms with van der Waals surface area (Å²) in [5, 5.41) is 0. The van der Waals surface area contributed by atoms with Crippen LogP contribution >= 0.6 is 0 Å². The van der Waals surface area contributed by atoms with Gasteiger partial charge in [-0.15, -0.1) is 0 Å². The van der Waals surface area contributed by atoms with E-state index in [1.54, 1.807) is 7.11 Å². The highest BCUT2D eigenvalue weighted by Crippen LogP contribution is 2.49. The van der Waals surface area contributed by atoms with E-state index in [9.17, 15) is 9.59 Å². The molecule has 0 spiro atoms. The Morgan fingerprint density at radius 2 is 1.53 bits per heavy atom. The van der Waals surface area contributed by atoms with E-state index in [1.807, 2.05) is 114 Å². The van der Waals surface area contributed by atoms with Crippen molar-refractivity contribution in [1.82, 2.24) is 4.57 Å². The van der Waals surface area contributed by atoms with Crippen molar-refractivity contribution in [3.05, 3.63) is 119 Å². The number of aromatic nitrogens is 1. The third kappa shape index (κ3) is 3.59. The molecule has 1 aliphatic rings. The average Bonchev–Trinajstić information content (AvgIpc) is 3.23. The molecular weight excluding hydrogens is 424 g/mol. The van der Waals surface area contributed by atoms with E-state index in [2.05, 4.69) is 0 Å². The molecule has 3 aromatic carbocycles. The number of carbonyl (C=O) groups is 2. The van der Waals surface area contributed by atoms with E-state index < -0.39 is 5.92 Å². The van der Waals surface area contributed by atoms with Gasteiger partial charge >= 0.3 is 0 Å². The smallest absolute Gasteiger partial charge is 0.239 e. The molecule has 5 rings (SSSR count). The fraction of sp³-hybridized carbons (Fsp3) is 0.172. The van der Waals surface area contributed by atoms with Crippen LogP contribution in [0, 0.1) is 6.92 Å². The highest BCUT2D eigenvalue weighted by Gasteiger charge is 2.50. The molecule has 1 fully saturated rings. The molecule has 2 atom stereocenters. The molecule has 5 nitrogen and oxygen atoms in total. The summed E-state index contributed by atoms with van der Waals surface area (Å²) in [5.41, 5.74) is 5.01. The summed E-state index contributed by atoms with van der Waals surface area (Å²) < 4.78 is 7.19. The summed E-state index contributed by atoms with van der Waals surface area (Å²) in [6.45, 7) is 1.99. The second kappa shape index (κ2) is 8.67. The van der Waals surface area contributed by atoms with Crippen LogP contribution in [0.5, 0.6) is 5.75 Å². The molecule has 0 radical (unpaired) electrons. The zero-order valence-electron chi connectivity index (χ0n) is 19.4. The lowest BCUT2D eigenvalue weighted by atomic mass is 9.79. The third-order valence-electron chi connectivity index (χ3n) is 6.61. The van der Waals surface area contributed by atoms with E-state index >= 15 is 0 Å². The molecule has 0 saturated carbocycles. The van der Waals surface area contributed by atoms with Crippen LogP contribution in [0.1, 0.15) is 44.8 Å². The molecule has 2 heterocycles. The Labute approximate surface area is 199 Å². The van der Waals surface area contributed by atoms with Gasteiger partial charge in [0.1, 0.15) is 11.7 Å². The predicted octanol–water partition coefficient (Wildman–Crippen LogP) is 5.44. The molecule has 5 heteroatoms. The number of nitrogens with zero attached hydrogens (tertiary/aromatic N) is 2. The van der Waals surface area contributed by atoms with Crippen LogP contribution < -0.4 is 9.64 Å². The number of anilines is 1. The van der Waals surface area contributed by atoms with Gasteiger partial charge in [-0.05, 0) is 48.9 Å². The summed E-state index contributed by atoms with van der Waals surface area (Å²) >= 11 is 0. The van der Waals surface area contributed by atoms with E-state index in [1.165, 1.54) is 0 Å². The van der Waals surface area contributed by atoms with Crippen LogP contribution in [0.2, 0.25) is 0 Å². The summed E-state index contributed by atoms with van der Waals surface area (Å²) in [6.07, 6.45) is 0. The molecule has 34 heavy (non-hydrogen) atoms. The van der Waals surface area contributed by atoms with Gasteiger partial charge in [-0.2, -0.15) is 0 Å². The molecule has 1 saturated heterocycles. The van der Waals surface area contributed by atoms with Gasteiger partial charge in [0.2, 0.25) is 11.7 Å². The number of ketones is 1. The van der Waals surface area contributed by atoms with Gasteiger partial charge in [-0.25, -0.2) is 0 Å². The van der Waals surface area contributed by atoms with Gasteiger partial charge in [-0.1, -0.05) is 60.2 Å². The number of para-hydroxylation sites is 1. The van der Waals surface area contributed by atoms with Gasteiger partial charge in [0.15, 0.2) is 0 Å². The van der Waals surface area contributed by atoms with Gasteiger partial charge in [0, 0.05) is 24.0 Å². The minimum Gasteiger partial charge on any atom is -0.497 e. The Morgan fingerprint density at radius 1 is 0.853 bits per heavy atom. The molecule has 1 amide bonds. The lowest BCUT2D eigenvalue weighted by Crippen LogP contribution is -2.54. The number of carbonyl (C=O) groups excluding carboxylic acids is 2. The SMILES string of the molecule is COc1ccc([C@@H]2[C@@H](c3ccc(C(=O)c4ccc(C)cc4)n3C)C(=O)N2c2ccccc2)cc1. The normalized spacial score (nSPS) is 17.4. The number of hydrogen-bond acceptors (Lipinski definition) is 3. The van der Waals surface area contributed by atoms with Gasteiger partial charge < -0.3 is 14.2 Å². The molecule has 4 aromatic rings. The van der Waals surface area contributed by atoms with Crippen LogP contribution in [0.25, 0.3) is 0 Å². The summed E-state index contributed by atoms with van der Waals surface area (Å²) in [7, 11) is 3.50. The highest BCUT2D eigenvalue weighted by molar-refractivity contribution is 6.09. The van der Waals surface area contributed by atoms with Crippen molar-refractivity contribution in [2.75, 3.05) is 12.0 Å². The van der Waals surface area contributed by atoms with E-state index in [0.29, 0.717) is 11.3 Å². The molecule has 0 N–H and O–H groups in total. The molecule has 1 aromatic heterocycles. The number of rotatable bonds is 6. The molecule has 0 aliphatic carbocycles. The van der Waals surface area contributed by atoms with Crippen molar-refractivity contribution in [2.24, 2.45) is 7.05 Å². The molecule has 0 bridgehead atoms. The first-order chi connectivity index (χ1) is 16.5. The maximum Gasteiger partial charge on any atom is 0.239 e. The second-order valence-electron chi connectivity index (χ2n) is 8.64. The van der Waals surface area contributed by atoms with Crippen LogP contribution in [-0.4, -0.2) is 23.4 Å². The summed E-state index contributed by atoms with van der Waals surface area (Å²) in [4.78, 5) is 28.5. The largest absolute Gasteiger partial charge is 0.497 e. The number of amides is 1. The minimum atomic E-state index is -0.391. The Bertz CT molecular complexity index is 1340. The average molecular weight is 451 g/mol. The predicted molar refractivity (Wildman–Crippen MR) is 132 cm³/mol. The quantitative estimate of drug-likeness (QED) is 0.290. The first-order valence-corrected chi connectivity index (χ1v) is 11.3. The number of β-lactam (4-membered cyclic amide) rings is 1. The number of aryl methyl sites for hydroxylation is 1. The first-order valence-electron chi connectivity index (χ1n) is 11.3. The van der Waals surface area contributed by atoms with Gasteiger partial charge in [-0.3, -0.25) is 9.59 Å². The fourth-order valence-corrected chi connectivity index (χ4v) is 4.72. The maximum atomic E-state index is 13.5. The monoisotopic (exact) mass is 450 g/mol. The topological polar surface area (TPSA) is 51.5 Å². The maximum absolute atomic E-state index is 13.5. The van der Waals surface area contributed by atoms with E-state index in [4.69, 9.17) is 4.74 Å². The third-order valence-corrected chi connectivity index (χ3v) is 6.61. The molecular formula is C29H26N2O3. The number of benzene rings is 3. The van der Waals surface area contributed by atoms with Crippen LogP contribution in [0.3, 0.4) is 0 Å². The summed E-state index contributed by atoms with van der Waals surface area (Å²) in [5.74, 6) is 0.337. The van der Waals surface area contributed by atoms with Crippen LogP contribution in [-0.2, 0) is 11.8 Å². The summed E-state index contributed by atoms with van der Waals surface area (Å²) in [6, 6.07) is 28.6. The molecule has 1 aliphatic heterocycles. The Balaban J connectivity index is 1.53. The van der Waals surface area contributed by atoms with E-state index in [-0.39, 0.29) is 17.7 Å².